The van der Waals surface area contributed by atoms with Gasteiger partial charge in [0.2, 0.25) is 27.6 Å². The lowest BCUT2D eigenvalue weighted by Crippen LogP contribution is -2.26. The molecule has 10 heteroatoms. The third-order valence-electron chi connectivity index (χ3n) is 3.70. The van der Waals surface area contributed by atoms with Gasteiger partial charge in [-0.05, 0) is 36.4 Å². The minimum atomic E-state index is -3.70. The van der Waals surface area contributed by atoms with Crippen molar-refractivity contribution in [3.05, 3.63) is 59.4 Å². The van der Waals surface area contributed by atoms with Crippen LogP contribution < -0.4 is 10.0 Å². The molecule has 0 saturated heterocycles. The van der Waals surface area contributed by atoms with Crippen molar-refractivity contribution in [2.24, 2.45) is 0 Å². The zero-order valence-corrected chi connectivity index (χ0v) is 16.4. The summed E-state index contributed by atoms with van der Waals surface area (Å²) >= 11 is 6.10. The molecule has 1 heterocycles. The standard InChI is InChI=1S/C18H17ClN4O4S/c1-12(24)21-13-6-8-14(9-7-13)28(25,26)20-11-10-17-22-18(23-27-17)15-4-2-3-5-16(15)19/h2-9,20H,10-11H2,1H3,(H,21,24). The number of carbonyl (C=O) groups excluding carboxylic acids is 1. The van der Waals surface area contributed by atoms with E-state index in [4.69, 9.17) is 16.1 Å². The predicted octanol–water partition coefficient (Wildman–Crippen LogP) is 2.87. The van der Waals surface area contributed by atoms with Gasteiger partial charge in [-0.1, -0.05) is 28.9 Å². The Kier molecular flexibility index (Phi) is 6.08. The Morgan fingerprint density at radius 3 is 2.54 bits per heavy atom. The first-order chi connectivity index (χ1) is 13.3. The van der Waals surface area contributed by atoms with Crippen molar-refractivity contribution >= 4 is 33.2 Å². The van der Waals surface area contributed by atoms with E-state index >= 15 is 0 Å². The topological polar surface area (TPSA) is 114 Å². The van der Waals surface area contributed by atoms with Crippen molar-refractivity contribution in [3.63, 3.8) is 0 Å². The van der Waals surface area contributed by atoms with Gasteiger partial charge < -0.3 is 9.84 Å². The van der Waals surface area contributed by atoms with Crippen molar-refractivity contribution in [1.82, 2.24) is 14.9 Å². The Labute approximate surface area is 167 Å². The molecule has 1 amide bonds. The number of rotatable bonds is 7. The number of nitrogens with one attached hydrogen (secondary N) is 2. The van der Waals surface area contributed by atoms with E-state index in [-0.39, 0.29) is 23.8 Å². The van der Waals surface area contributed by atoms with E-state index in [1.54, 1.807) is 18.2 Å². The number of amides is 1. The number of benzene rings is 2. The van der Waals surface area contributed by atoms with E-state index in [0.29, 0.717) is 28.0 Å². The largest absolute Gasteiger partial charge is 0.339 e. The Morgan fingerprint density at radius 1 is 1.14 bits per heavy atom. The molecule has 0 atom stereocenters. The van der Waals surface area contributed by atoms with Gasteiger partial charge in [0.25, 0.3) is 0 Å². The molecule has 0 aliphatic rings. The summed E-state index contributed by atoms with van der Waals surface area (Å²) in [6.45, 7) is 1.46. The molecule has 0 aliphatic carbocycles. The highest BCUT2D eigenvalue weighted by Crippen LogP contribution is 2.24. The number of anilines is 1. The molecule has 0 aliphatic heterocycles. The summed E-state index contributed by atoms with van der Waals surface area (Å²) in [5.41, 5.74) is 1.16. The minimum Gasteiger partial charge on any atom is -0.339 e. The lowest BCUT2D eigenvalue weighted by molar-refractivity contribution is -0.114. The summed E-state index contributed by atoms with van der Waals surface area (Å²) < 4.78 is 32.3. The average Bonchev–Trinajstić information content (AvgIpc) is 3.10. The molecule has 146 valence electrons. The van der Waals surface area contributed by atoms with Crippen LogP contribution in [0.1, 0.15) is 12.8 Å². The van der Waals surface area contributed by atoms with Gasteiger partial charge in [0.15, 0.2) is 0 Å². The fourth-order valence-corrected chi connectivity index (χ4v) is 3.66. The van der Waals surface area contributed by atoms with Gasteiger partial charge in [-0.3, -0.25) is 4.79 Å². The van der Waals surface area contributed by atoms with Crippen molar-refractivity contribution in [3.8, 4) is 11.4 Å². The van der Waals surface area contributed by atoms with E-state index < -0.39 is 10.0 Å². The Bertz CT molecular complexity index is 1080. The molecule has 0 bridgehead atoms. The number of hydrogen-bond donors (Lipinski definition) is 2. The molecule has 8 nitrogen and oxygen atoms in total. The molecule has 2 aromatic carbocycles. The fourth-order valence-electron chi connectivity index (χ4n) is 2.40. The van der Waals surface area contributed by atoms with Crippen molar-refractivity contribution in [1.29, 1.82) is 0 Å². The maximum absolute atomic E-state index is 12.3. The summed E-state index contributed by atoms with van der Waals surface area (Å²) in [6, 6.07) is 13.0. The number of halogens is 1. The molecule has 0 spiro atoms. The molecule has 3 rings (SSSR count). The third-order valence-corrected chi connectivity index (χ3v) is 5.51. The molecule has 0 unspecified atom stereocenters. The Hall–Kier alpha value is -2.75. The fraction of sp³-hybridized carbons (Fsp3) is 0.167. The van der Waals surface area contributed by atoms with E-state index in [2.05, 4.69) is 20.2 Å². The first-order valence-corrected chi connectivity index (χ1v) is 10.2. The quantitative estimate of drug-likeness (QED) is 0.607. The predicted molar refractivity (Wildman–Crippen MR) is 104 cm³/mol. The Morgan fingerprint density at radius 2 is 1.86 bits per heavy atom. The monoisotopic (exact) mass is 420 g/mol. The maximum atomic E-state index is 12.3. The number of hydrogen-bond acceptors (Lipinski definition) is 6. The SMILES string of the molecule is CC(=O)Nc1ccc(S(=O)(=O)NCCc2nc(-c3ccccc3Cl)no2)cc1. The molecule has 3 aromatic rings. The Balaban J connectivity index is 1.60. The minimum absolute atomic E-state index is 0.0833. The number of nitrogens with zero attached hydrogens (tertiary/aromatic N) is 2. The van der Waals surface area contributed by atoms with Crippen LogP contribution in [0.25, 0.3) is 11.4 Å². The second-order valence-corrected chi connectivity index (χ2v) is 8.02. The van der Waals surface area contributed by atoms with Gasteiger partial charge in [0.05, 0.1) is 9.92 Å². The van der Waals surface area contributed by atoms with Crippen LogP contribution in [0.2, 0.25) is 5.02 Å². The van der Waals surface area contributed by atoms with Crippen LogP contribution in [0.15, 0.2) is 57.9 Å². The van der Waals surface area contributed by atoms with Gasteiger partial charge >= 0.3 is 0 Å². The van der Waals surface area contributed by atoms with Crippen LogP contribution in [0, 0.1) is 0 Å². The lowest BCUT2D eigenvalue weighted by Gasteiger charge is -2.07. The zero-order valence-electron chi connectivity index (χ0n) is 14.8. The summed E-state index contributed by atoms with van der Waals surface area (Å²) in [6.07, 6.45) is 0.223. The van der Waals surface area contributed by atoms with E-state index in [9.17, 15) is 13.2 Å². The molecule has 0 fully saturated rings. The van der Waals surface area contributed by atoms with Crippen molar-refractivity contribution in [2.45, 2.75) is 18.2 Å². The first-order valence-electron chi connectivity index (χ1n) is 8.30. The number of aromatic nitrogens is 2. The molecular weight excluding hydrogens is 404 g/mol. The summed E-state index contributed by atoms with van der Waals surface area (Å²) in [5, 5.41) is 6.95. The van der Waals surface area contributed by atoms with Gasteiger partial charge in [-0.25, -0.2) is 13.1 Å². The highest BCUT2D eigenvalue weighted by atomic mass is 35.5. The van der Waals surface area contributed by atoms with E-state index in [1.807, 2.05) is 6.07 Å². The number of carbonyl (C=O) groups is 1. The van der Waals surface area contributed by atoms with E-state index in [0.717, 1.165) is 0 Å². The average molecular weight is 421 g/mol. The smallest absolute Gasteiger partial charge is 0.240 e. The molecule has 0 radical (unpaired) electrons. The van der Waals surface area contributed by atoms with Crippen LogP contribution >= 0.6 is 11.6 Å². The van der Waals surface area contributed by atoms with Crippen LogP contribution in [-0.4, -0.2) is 31.0 Å². The number of sulfonamides is 1. The molecular formula is C18H17ClN4O4S. The second kappa shape index (κ2) is 8.51. The normalized spacial score (nSPS) is 11.4. The zero-order chi connectivity index (χ0) is 20.1. The van der Waals surface area contributed by atoms with Gasteiger partial charge in [0, 0.05) is 31.1 Å². The first kappa shape index (κ1) is 20.0. The van der Waals surface area contributed by atoms with Gasteiger partial charge in [0.1, 0.15) is 0 Å². The van der Waals surface area contributed by atoms with E-state index in [1.165, 1.54) is 31.2 Å². The van der Waals surface area contributed by atoms with Crippen molar-refractivity contribution < 1.29 is 17.7 Å². The molecule has 2 N–H and O–H groups in total. The van der Waals surface area contributed by atoms with Gasteiger partial charge in [-0.15, -0.1) is 0 Å². The van der Waals surface area contributed by atoms with Crippen LogP contribution in [0.4, 0.5) is 5.69 Å². The summed E-state index contributed by atoms with van der Waals surface area (Å²) in [4.78, 5) is 15.3. The highest BCUT2D eigenvalue weighted by Gasteiger charge is 2.15. The second-order valence-electron chi connectivity index (χ2n) is 5.84. The van der Waals surface area contributed by atoms with Crippen LogP contribution in [-0.2, 0) is 21.2 Å². The van der Waals surface area contributed by atoms with Gasteiger partial charge in [-0.2, -0.15) is 4.98 Å². The van der Waals surface area contributed by atoms with Crippen LogP contribution in [0.5, 0.6) is 0 Å². The molecule has 28 heavy (non-hydrogen) atoms. The molecule has 1 aromatic heterocycles. The van der Waals surface area contributed by atoms with Crippen LogP contribution in [0.3, 0.4) is 0 Å². The van der Waals surface area contributed by atoms with Crippen molar-refractivity contribution in [2.75, 3.05) is 11.9 Å². The highest BCUT2D eigenvalue weighted by molar-refractivity contribution is 7.89. The lowest BCUT2D eigenvalue weighted by atomic mass is 10.2. The summed E-state index contributed by atoms with van der Waals surface area (Å²) in [7, 11) is -3.70. The third kappa shape index (κ3) is 4.94. The summed E-state index contributed by atoms with van der Waals surface area (Å²) in [5.74, 6) is 0.403. The maximum Gasteiger partial charge on any atom is 0.240 e. The molecule has 0 saturated carbocycles.